The number of aliphatic carboxylic acids is 1. The molecule has 4 aromatic rings. The van der Waals surface area contributed by atoms with Gasteiger partial charge in [0.2, 0.25) is 82.7 Å². The second kappa shape index (κ2) is 64.5. The molecule has 0 unspecified atom stereocenters. The van der Waals surface area contributed by atoms with Gasteiger partial charge in [0.15, 0.2) is 29.8 Å². The van der Waals surface area contributed by atoms with Crippen molar-refractivity contribution in [1.29, 1.82) is 21.6 Å². The summed E-state index contributed by atoms with van der Waals surface area (Å²) in [7, 11) is 8.24. The highest BCUT2D eigenvalue weighted by Gasteiger charge is 2.43. The molecule has 150 heavy (non-hydrogen) atoms. The van der Waals surface area contributed by atoms with E-state index in [9.17, 15) is 39.3 Å². The number of carboxylic acids is 1. The minimum absolute atomic E-state index is 0.0103. The molecule has 2 aliphatic rings. The summed E-state index contributed by atoms with van der Waals surface area (Å²) in [6.07, 6.45) is -4.16. The number of amides is 18. The van der Waals surface area contributed by atoms with E-state index in [1.165, 1.54) is 48.5 Å². The average molecular weight is 2140 g/mol. The van der Waals surface area contributed by atoms with Crippen molar-refractivity contribution in [3.05, 3.63) is 108 Å². The molecule has 0 aliphatic carbocycles. The van der Waals surface area contributed by atoms with E-state index in [4.69, 9.17) is 72.5 Å². The number of phenols is 2. The van der Waals surface area contributed by atoms with Gasteiger partial charge in [0.05, 0.1) is 0 Å². The molecule has 0 radical (unpaired) electrons. The van der Waals surface area contributed by atoms with E-state index in [1.54, 1.807) is 74.4 Å². The Labute approximate surface area is 875 Å². The van der Waals surface area contributed by atoms with Crippen molar-refractivity contribution in [3.8, 4) is 11.5 Å². The van der Waals surface area contributed by atoms with Crippen LogP contribution in [0.25, 0.3) is 10.8 Å². The van der Waals surface area contributed by atoms with Gasteiger partial charge in [-0.2, -0.15) is 0 Å². The van der Waals surface area contributed by atoms with Crippen LogP contribution >= 0.6 is 21.6 Å². The van der Waals surface area contributed by atoms with Crippen LogP contribution in [-0.2, 0) is 91.2 Å². The molecule has 4 aromatic carbocycles. The predicted molar refractivity (Wildman–Crippen MR) is 562 cm³/mol. The highest BCUT2D eigenvalue weighted by atomic mass is 33.1. The molecule has 56 heteroatoms. The topological polar surface area (TPSA) is 893 Å². The average Bonchev–Trinajstić information content (AvgIpc) is 1.64. The molecule has 824 valence electrons. The number of phenolic OH excluding ortho intramolecular Hbond substituents is 2. The molecule has 2 saturated heterocycles. The Morgan fingerprint density at radius 3 is 1.34 bits per heavy atom. The first kappa shape index (κ1) is 123. The summed E-state index contributed by atoms with van der Waals surface area (Å²) in [5.41, 5.74) is 46.3. The lowest BCUT2D eigenvalue weighted by atomic mass is 10.00. The molecule has 14 atom stereocenters. The van der Waals surface area contributed by atoms with E-state index >= 15 is 57.5 Å². The van der Waals surface area contributed by atoms with Gasteiger partial charge < -0.3 is 172 Å². The maximum absolute atomic E-state index is 16.2. The number of nitrogens with two attached hydrogens (primary N) is 8. The first-order valence-corrected chi connectivity index (χ1v) is 51.5. The molecule has 2 heterocycles. The number of benzene rings is 4. The van der Waals surface area contributed by atoms with E-state index < -0.39 is 253 Å². The van der Waals surface area contributed by atoms with Gasteiger partial charge in [0.1, 0.15) is 96.1 Å². The number of guanidine groups is 5. The molecular formula is C94H146N34O20S2. The quantitative estimate of drug-likeness (QED) is 0.00847. The van der Waals surface area contributed by atoms with Gasteiger partial charge in [-0.15, -0.1) is 0 Å². The summed E-state index contributed by atoms with van der Waals surface area (Å²) in [6, 6.07) is -2.59. The number of aromatic hydroxyl groups is 2. The molecule has 41 N–H and O–H groups in total. The number of carbonyl (C=O) groups is 17. The number of hydrogen-bond donors (Lipinski definition) is 33. The number of hydrogen-bond acceptors (Lipinski definition) is 27. The van der Waals surface area contributed by atoms with E-state index in [2.05, 4.69) is 95.7 Å². The number of nitrogens with one attached hydrogen (secondary N) is 22. The number of aliphatic imine (C=N–C) groups is 1. The lowest BCUT2D eigenvalue weighted by Crippen LogP contribution is -2.61. The van der Waals surface area contributed by atoms with Gasteiger partial charge in [-0.05, 0) is 174 Å². The van der Waals surface area contributed by atoms with Gasteiger partial charge >= 0.3 is 18.0 Å². The van der Waals surface area contributed by atoms with Crippen molar-refractivity contribution in [1.82, 2.24) is 110 Å². The lowest BCUT2D eigenvalue weighted by Gasteiger charge is -2.31. The fraction of sp³-hybridized carbons (Fsp3) is 0.532. The minimum Gasteiger partial charge on any atom is -0.508 e. The fourth-order valence-electron chi connectivity index (χ4n) is 16.1. The Kier molecular flexibility index (Phi) is 52.9. The molecule has 0 aromatic heterocycles. The van der Waals surface area contributed by atoms with Crippen molar-refractivity contribution in [2.75, 3.05) is 92.1 Å². The third kappa shape index (κ3) is 45.0. The van der Waals surface area contributed by atoms with Crippen LogP contribution in [0.15, 0.2) is 96.0 Å². The fourth-order valence-corrected chi connectivity index (χ4v) is 18.5. The summed E-state index contributed by atoms with van der Waals surface area (Å²) in [5, 5.41) is 111. The number of carboxylic acid groups (broad SMARTS) is 1. The van der Waals surface area contributed by atoms with Crippen molar-refractivity contribution < 1.29 is 96.8 Å². The molecule has 2 fully saturated rings. The van der Waals surface area contributed by atoms with Gasteiger partial charge in [-0.1, -0.05) is 88.3 Å². The summed E-state index contributed by atoms with van der Waals surface area (Å²) >= 11 is 0. The Morgan fingerprint density at radius 2 is 0.867 bits per heavy atom. The molecule has 0 saturated carbocycles. The van der Waals surface area contributed by atoms with E-state index in [1.807, 2.05) is 6.07 Å². The molecule has 0 spiro atoms. The zero-order valence-corrected chi connectivity index (χ0v) is 86.0. The molecule has 54 nitrogen and oxygen atoms in total. The first-order chi connectivity index (χ1) is 71.3. The molecule has 6 rings (SSSR count). The summed E-state index contributed by atoms with van der Waals surface area (Å²) in [6.45, 7) is -0.604. The molecule has 0 bridgehead atoms. The predicted octanol–water partition coefficient (Wildman–Crippen LogP) is -6.24. The van der Waals surface area contributed by atoms with Crippen molar-refractivity contribution >= 4 is 163 Å². The zero-order valence-electron chi connectivity index (χ0n) is 84.4. The number of carbonyl (C=O) groups excluding carboxylic acids is 16. The number of unbranched alkanes of at least 4 members (excludes halogenated alkanes) is 1. The Hall–Kier alpha value is -15.7. The summed E-state index contributed by atoms with van der Waals surface area (Å²) < 4.78 is 0. The van der Waals surface area contributed by atoms with Crippen LogP contribution in [0.4, 0.5) is 9.59 Å². The van der Waals surface area contributed by atoms with Crippen LogP contribution in [0.5, 0.6) is 11.5 Å². The normalized spacial score (nSPS) is 19.7. The maximum atomic E-state index is 16.2. The highest BCUT2D eigenvalue weighted by Crippen LogP contribution is 2.27. The zero-order chi connectivity index (χ0) is 111. The second-order valence-corrected chi connectivity index (χ2v) is 38.8. The Morgan fingerprint density at radius 1 is 0.447 bits per heavy atom. The molecular weight excluding hydrogens is 1990 g/mol. The summed E-state index contributed by atoms with van der Waals surface area (Å²) in [5.74, 6) is -19.4. The van der Waals surface area contributed by atoms with Crippen molar-refractivity contribution in [3.63, 3.8) is 0 Å². The second-order valence-electron chi connectivity index (χ2n) is 36.3. The molecule has 18 amide bonds. The van der Waals surface area contributed by atoms with E-state index in [0.717, 1.165) is 31.9 Å². The number of nitrogens with zero attached hydrogens (tertiary/aromatic N) is 4. The van der Waals surface area contributed by atoms with Crippen LogP contribution in [0, 0.1) is 21.6 Å². The minimum atomic E-state index is -1.94. The largest absolute Gasteiger partial charge is 0.508 e. The van der Waals surface area contributed by atoms with Crippen LogP contribution < -0.4 is 142 Å². The van der Waals surface area contributed by atoms with Gasteiger partial charge in [0.25, 0.3) is 0 Å². The Balaban J connectivity index is 1.64. The van der Waals surface area contributed by atoms with E-state index in [-0.39, 0.29) is 178 Å². The molecule has 2 aliphatic heterocycles. The SMILES string of the molecule is CN(C)C(=N[C@@H](CCCNC(=N)N)C(=O)N[C@@H](CCCNC(=N)N)C(=O)N[C@@H](Cc1ccc2ccccc2c1)C(=O)N[C@H]1CSSC[C@@H](C(=O)N[C@@H](CCCNC(=N)N)C(N)=O)NC(=O)[C@H](CCCNC(N)=O)NC(=O)[C@H](CCCNC(=N)N)NC(=O)[C@H](Cc2ccc(O)cc2)NC(=O)[C@@H]2CCCN2C(=O)[C@@H](CCC(=O)O)NC(=O)[C@H](CCCCN)NC(=O)[C@H](CCCNC(N)=O)NC(=O)[C@H](Cc2ccc(O)cc2)NC1=O)N(C)C. The summed E-state index contributed by atoms with van der Waals surface area (Å²) in [4.78, 5) is 261. The lowest BCUT2D eigenvalue weighted by molar-refractivity contribution is -0.143. The maximum Gasteiger partial charge on any atom is 0.312 e. The van der Waals surface area contributed by atoms with Gasteiger partial charge in [0, 0.05) is 111 Å². The third-order valence-corrected chi connectivity index (χ3v) is 26.3. The smallest absolute Gasteiger partial charge is 0.312 e. The first-order valence-electron chi connectivity index (χ1n) is 49.0. The third-order valence-electron chi connectivity index (χ3n) is 23.8. The van der Waals surface area contributed by atoms with Crippen LogP contribution in [0.2, 0.25) is 0 Å². The van der Waals surface area contributed by atoms with Crippen LogP contribution in [-0.4, -0.2) is 337 Å². The monoisotopic (exact) mass is 2140 g/mol. The van der Waals surface area contributed by atoms with Crippen LogP contribution in [0.1, 0.15) is 139 Å². The Bertz CT molecular complexity index is 5310. The van der Waals surface area contributed by atoms with Gasteiger partial charge in [-0.25, -0.2) is 14.6 Å². The number of primary amides is 3. The number of rotatable bonds is 47. The number of urea groups is 2. The van der Waals surface area contributed by atoms with Crippen LogP contribution in [0.3, 0.4) is 0 Å². The van der Waals surface area contributed by atoms with Crippen molar-refractivity contribution in [2.45, 2.75) is 226 Å². The van der Waals surface area contributed by atoms with Crippen molar-refractivity contribution in [2.24, 2.45) is 50.9 Å². The van der Waals surface area contributed by atoms with Gasteiger partial charge in [-0.3, -0.25) is 93.6 Å². The van der Waals surface area contributed by atoms with E-state index in [0.29, 0.717) is 22.5 Å². The standard InChI is InChI=1S/C94H146N34O20S2/c1-126(2)94(127(3)4)125-65(24-12-42-110-91(103)104)80(139)116-63(21-11-41-109-90(101)102)78(137)120-69(49-54-26-31-55-16-5-6-17-56(55)46-54)83(142)124-71-51-150-149-50-70(84(143)113-59(74(96)133)19-9-39-107-88(97)98)123-79(138)64(23-14-44-112-93(106)148)115-76(135)61(20-10-40-108-89(99)100)118-82(141)68(48-53-29-34-58(130)35-30-53)122-86(145)72-25-15-45-128(72)87(146)66(36-37-73(131)132)119-77(136)60(18-7-8-38-95)114-75(134)62(22-13-43-111-92(105)147)117-81(140)67(121-85(71)144)47-52-27-32-57(129)33-28-52/h5-6,16-17,26-35,46,59-72,129-130H,7-15,18-25,36-45,47-51,95H2,1-4H3,(H2,96,133)(H,113,143)(H,114,134)(H,115,135)(H,116,139)(H,117,140)(H,118,141)(H,119,136)(H,120,137)(H,121,144)(H,122,145)(H,123,138)(H,124,142)(H,131,132)(H4,97,98,107)(H4,99,100,108)(H4,101,102,109)(H4,103,104,110)(H3,105,111,147)(H3,106,112,148)/t59-,60-,61-,62-,63-,64-,65-,66+,67-,68-,69-,70-,71-,72-/m0/s1. The highest BCUT2D eigenvalue weighted by molar-refractivity contribution is 8.76. The number of fused-ring (bicyclic) bond motifs is 2.